The summed E-state index contributed by atoms with van der Waals surface area (Å²) in [6, 6.07) is 15.4. The summed E-state index contributed by atoms with van der Waals surface area (Å²) in [6.45, 7) is 3.10. The summed E-state index contributed by atoms with van der Waals surface area (Å²) in [5, 5.41) is 3.83. The van der Waals surface area contributed by atoms with Crippen LogP contribution in [0.25, 0.3) is 0 Å². The van der Waals surface area contributed by atoms with Gasteiger partial charge in [0.1, 0.15) is 11.4 Å². The van der Waals surface area contributed by atoms with E-state index >= 15 is 0 Å². The molecule has 0 aromatic heterocycles. The fourth-order valence-electron chi connectivity index (χ4n) is 3.77. The first-order chi connectivity index (χ1) is 12.2. The van der Waals surface area contributed by atoms with E-state index in [4.69, 9.17) is 16.3 Å². The molecule has 1 atom stereocenters. The summed E-state index contributed by atoms with van der Waals surface area (Å²) in [5.74, 6) is 0.618. The van der Waals surface area contributed by atoms with E-state index in [0.29, 0.717) is 17.9 Å². The Hall–Kier alpha value is -2.04. The van der Waals surface area contributed by atoms with Gasteiger partial charge in [-0.3, -0.25) is 9.69 Å². The van der Waals surface area contributed by atoms with Crippen LogP contribution in [-0.4, -0.2) is 36.0 Å². The molecule has 0 unspecified atom stereocenters. The van der Waals surface area contributed by atoms with Gasteiger partial charge in [-0.2, -0.15) is 0 Å². The summed E-state index contributed by atoms with van der Waals surface area (Å²) < 4.78 is 6.40. The van der Waals surface area contributed by atoms with E-state index in [2.05, 4.69) is 16.3 Å². The summed E-state index contributed by atoms with van der Waals surface area (Å²) in [4.78, 5) is 14.7. The molecule has 2 heterocycles. The molecule has 1 fully saturated rings. The Balaban J connectivity index is 1.56. The Kier molecular flexibility index (Phi) is 4.40. The Morgan fingerprint density at radius 3 is 2.84 bits per heavy atom. The van der Waals surface area contributed by atoms with Gasteiger partial charge in [0.05, 0.1) is 12.1 Å². The maximum atomic E-state index is 12.3. The van der Waals surface area contributed by atoms with E-state index in [9.17, 15) is 4.79 Å². The number of piperidine rings is 1. The maximum Gasteiger partial charge on any atom is 0.255 e. The molecule has 130 valence electrons. The van der Waals surface area contributed by atoms with Crippen LogP contribution in [0.15, 0.2) is 48.5 Å². The topological polar surface area (TPSA) is 41.6 Å². The quantitative estimate of drug-likeness (QED) is 0.895. The van der Waals surface area contributed by atoms with Crippen molar-refractivity contribution in [2.24, 2.45) is 0 Å². The minimum absolute atomic E-state index is 0.0595. The molecule has 5 heteroatoms. The number of nitrogens with one attached hydrogen (secondary N) is 1. The van der Waals surface area contributed by atoms with Gasteiger partial charge in [-0.1, -0.05) is 41.9 Å². The zero-order valence-electron chi connectivity index (χ0n) is 14.0. The van der Waals surface area contributed by atoms with Crippen LogP contribution in [-0.2, 0) is 6.54 Å². The average molecular weight is 357 g/mol. The highest BCUT2D eigenvalue weighted by molar-refractivity contribution is 6.31. The van der Waals surface area contributed by atoms with Crippen LogP contribution in [0.2, 0.25) is 5.02 Å². The van der Waals surface area contributed by atoms with E-state index < -0.39 is 0 Å². The van der Waals surface area contributed by atoms with Crippen molar-refractivity contribution in [1.82, 2.24) is 10.2 Å². The molecule has 0 aliphatic carbocycles. The van der Waals surface area contributed by atoms with Crippen molar-refractivity contribution in [2.75, 3.05) is 19.6 Å². The average Bonchev–Trinajstić information content (AvgIpc) is 2.75. The number of carbonyl (C=O) groups excluding carboxylic acids is 1. The van der Waals surface area contributed by atoms with Crippen LogP contribution >= 0.6 is 11.6 Å². The number of halogens is 1. The number of benzene rings is 2. The number of rotatable bonds is 2. The monoisotopic (exact) mass is 356 g/mol. The fraction of sp³-hybridized carbons (Fsp3) is 0.350. The number of ether oxygens (including phenoxy) is 1. The van der Waals surface area contributed by atoms with Crippen LogP contribution in [0.5, 0.6) is 5.75 Å². The SMILES string of the molecule is O=C1NC[C@@]2(CCCN(Cc3ccccc3Cl)C2)Oc2ccccc21. The molecule has 2 aromatic rings. The minimum Gasteiger partial charge on any atom is -0.483 e. The Bertz CT molecular complexity index is 795. The van der Waals surface area contributed by atoms with E-state index in [1.165, 1.54) is 0 Å². The third-order valence-electron chi connectivity index (χ3n) is 5.00. The van der Waals surface area contributed by atoms with Gasteiger partial charge in [-0.05, 0) is 43.1 Å². The number of para-hydroxylation sites is 1. The lowest BCUT2D eigenvalue weighted by molar-refractivity contribution is -0.00704. The molecule has 1 amide bonds. The first-order valence-corrected chi connectivity index (χ1v) is 9.05. The number of fused-ring (bicyclic) bond motifs is 1. The van der Waals surface area contributed by atoms with Crippen molar-refractivity contribution < 1.29 is 9.53 Å². The van der Waals surface area contributed by atoms with Gasteiger partial charge in [0.25, 0.3) is 5.91 Å². The van der Waals surface area contributed by atoms with Gasteiger partial charge in [-0.25, -0.2) is 0 Å². The highest BCUT2D eigenvalue weighted by Crippen LogP contribution is 2.32. The van der Waals surface area contributed by atoms with Gasteiger partial charge in [0.15, 0.2) is 0 Å². The molecule has 1 N–H and O–H groups in total. The Morgan fingerprint density at radius 1 is 1.16 bits per heavy atom. The Morgan fingerprint density at radius 2 is 1.96 bits per heavy atom. The number of amides is 1. The molecule has 2 aliphatic heterocycles. The smallest absolute Gasteiger partial charge is 0.255 e. The van der Waals surface area contributed by atoms with Crippen molar-refractivity contribution >= 4 is 17.5 Å². The summed E-state index contributed by atoms with van der Waals surface area (Å²) >= 11 is 6.32. The third kappa shape index (κ3) is 3.37. The van der Waals surface area contributed by atoms with Crippen LogP contribution in [0, 0.1) is 0 Å². The lowest BCUT2D eigenvalue weighted by Crippen LogP contribution is -2.56. The van der Waals surface area contributed by atoms with E-state index in [1.807, 2.05) is 42.5 Å². The largest absolute Gasteiger partial charge is 0.483 e. The number of hydrogen-bond donors (Lipinski definition) is 1. The highest BCUT2D eigenvalue weighted by Gasteiger charge is 2.40. The molecule has 1 spiro atoms. The van der Waals surface area contributed by atoms with Crippen LogP contribution in [0.3, 0.4) is 0 Å². The first-order valence-electron chi connectivity index (χ1n) is 8.67. The molecule has 0 saturated carbocycles. The van der Waals surface area contributed by atoms with Crippen molar-refractivity contribution in [3.05, 3.63) is 64.7 Å². The molecule has 1 saturated heterocycles. The predicted molar refractivity (Wildman–Crippen MR) is 98.1 cm³/mol. The van der Waals surface area contributed by atoms with Crippen LogP contribution < -0.4 is 10.1 Å². The highest BCUT2D eigenvalue weighted by atomic mass is 35.5. The normalized spacial score (nSPS) is 23.5. The number of likely N-dealkylation sites (tertiary alicyclic amines) is 1. The zero-order chi connectivity index (χ0) is 17.3. The van der Waals surface area contributed by atoms with E-state index in [1.54, 1.807) is 0 Å². The fourth-order valence-corrected chi connectivity index (χ4v) is 3.97. The molecule has 0 bridgehead atoms. The molecule has 0 radical (unpaired) electrons. The maximum absolute atomic E-state index is 12.3. The van der Waals surface area contributed by atoms with E-state index in [-0.39, 0.29) is 11.5 Å². The Labute approximate surface area is 152 Å². The number of hydrogen-bond acceptors (Lipinski definition) is 3. The molecule has 2 aliphatic rings. The van der Waals surface area contributed by atoms with Gasteiger partial charge in [0.2, 0.25) is 0 Å². The molecule has 25 heavy (non-hydrogen) atoms. The predicted octanol–water partition coefficient (Wildman–Crippen LogP) is 3.50. The molecule has 4 nitrogen and oxygen atoms in total. The second-order valence-corrected chi connectivity index (χ2v) is 7.28. The van der Waals surface area contributed by atoms with E-state index in [0.717, 1.165) is 43.1 Å². The second-order valence-electron chi connectivity index (χ2n) is 6.87. The minimum atomic E-state index is -0.387. The van der Waals surface area contributed by atoms with Crippen molar-refractivity contribution in [2.45, 2.75) is 25.0 Å². The first kappa shape index (κ1) is 16.4. The second kappa shape index (κ2) is 6.70. The zero-order valence-corrected chi connectivity index (χ0v) is 14.8. The lowest BCUT2D eigenvalue weighted by atomic mass is 9.92. The van der Waals surface area contributed by atoms with Gasteiger partial charge in [-0.15, -0.1) is 0 Å². The summed E-state index contributed by atoms with van der Waals surface area (Å²) in [6.07, 6.45) is 1.96. The third-order valence-corrected chi connectivity index (χ3v) is 5.37. The van der Waals surface area contributed by atoms with Gasteiger partial charge >= 0.3 is 0 Å². The van der Waals surface area contributed by atoms with Crippen molar-refractivity contribution in [1.29, 1.82) is 0 Å². The molecular formula is C20H21ClN2O2. The standard InChI is InChI=1S/C20H21ClN2O2/c21-17-8-3-1-6-15(17)12-23-11-5-10-20(14-23)13-22-19(24)16-7-2-4-9-18(16)25-20/h1-4,6-9H,5,10-14H2,(H,22,24)/t20-/m1/s1. The summed E-state index contributed by atoms with van der Waals surface area (Å²) in [5.41, 5.74) is 1.35. The molecule has 4 rings (SSSR count). The molecular weight excluding hydrogens is 336 g/mol. The summed E-state index contributed by atoms with van der Waals surface area (Å²) in [7, 11) is 0. The van der Waals surface area contributed by atoms with Gasteiger partial charge < -0.3 is 10.1 Å². The van der Waals surface area contributed by atoms with Crippen LogP contribution in [0.4, 0.5) is 0 Å². The number of carbonyl (C=O) groups is 1. The molecule has 2 aromatic carbocycles. The number of nitrogens with zero attached hydrogens (tertiary/aromatic N) is 1. The van der Waals surface area contributed by atoms with Gasteiger partial charge in [0, 0.05) is 18.1 Å². The van der Waals surface area contributed by atoms with Crippen LogP contribution in [0.1, 0.15) is 28.8 Å². The van der Waals surface area contributed by atoms with Crippen molar-refractivity contribution in [3.8, 4) is 5.75 Å². The van der Waals surface area contributed by atoms with Crippen molar-refractivity contribution in [3.63, 3.8) is 0 Å². The lowest BCUT2D eigenvalue weighted by Gasteiger charge is -2.42.